The van der Waals surface area contributed by atoms with Gasteiger partial charge >= 0.3 is 0 Å². The summed E-state index contributed by atoms with van der Waals surface area (Å²) in [6, 6.07) is 8.45. The average Bonchev–Trinajstić information content (AvgIpc) is 2.45. The summed E-state index contributed by atoms with van der Waals surface area (Å²) in [6.45, 7) is 8.57. The molecule has 0 N–H and O–H groups in total. The molecular formula is C13H16O. The van der Waals surface area contributed by atoms with E-state index in [4.69, 9.17) is 4.42 Å². The Bertz CT molecular complexity index is 458. The minimum Gasteiger partial charge on any atom is -0.461 e. The van der Waals surface area contributed by atoms with E-state index >= 15 is 0 Å². The lowest BCUT2D eigenvalue weighted by atomic mass is 9.93. The molecule has 0 saturated heterocycles. The minimum absolute atomic E-state index is 0.0902. The second-order valence-corrected chi connectivity index (χ2v) is 4.90. The Morgan fingerprint density at radius 1 is 1.07 bits per heavy atom. The van der Waals surface area contributed by atoms with Crippen LogP contribution >= 0.6 is 0 Å². The van der Waals surface area contributed by atoms with Gasteiger partial charge in [-0.15, -0.1) is 0 Å². The fourth-order valence-electron chi connectivity index (χ4n) is 1.51. The van der Waals surface area contributed by atoms with Crippen LogP contribution in [0.15, 0.2) is 28.7 Å². The molecule has 1 heteroatoms. The first-order chi connectivity index (χ1) is 6.47. The quantitative estimate of drug-likeness (QED) is 0.608. The molecule has 2 aromatic rings. The summed E-state index contributed by atoms with van der Waals surface area (Å²) in [5, 5.41) is 1.19. The third-order valence-electron chi connectivity index (χ3n) is 2.41. The molecule has 0 atom stereocenters. The molecule has 0 aliphatic heterocycles. The van der Waals surface area contributed by atoms with Gasteiger partial charge in [0.15, 0.2) is 0 Å². The van der Waals surface area contributed by atoms with Crippen LogP contribution in [0.4, 0.5) is 0 Å². The summed E-state index contributed by atoms with van der Waals surface area (Å²) in [5.41, 5.74) is 2.33. The van der Waals surface area contributed by atoms with Crippen molar-refractivity contribution in [2.45, 2.75) is 33.1 Å². The number of benzene rings is 1. The van der Waals surface area contributed by atoms with Crippen molar-refractivity contribution in [3.8, 4) is 0 Å². The van der Waals surface area contributed by atoms with E-state index in [1.54, 1.807) is 0 Å². The summed E-state index contributed by atoms with van der Waals surface area (Å²) in [5.74, 6) is 1.05. The lowest BCUT2D eigenvalue weighted by molar-refractivity contribution is 0.430. The van der Waals surface area contributed by atoms with Gasteiger partial charge in [-0.3, -0.25) is 0 Å². The second kappa shape index (κ2) is 2.88. The molecule has 0 aliphatic carbocycles. The number of aryl methyl sites for hydroxylation is 1. The first kappa shape index (κ1) is 9.32. The molecule has 0 radical (unpaired) electrons. The molecule has 0 bridgehead atoms. The summed E-state index contributed by atoms with van der Waals surface area (Å²) >= 11 is 0. The molecule has 0 fully saturated rings. The van der Waals surface area contributed by atoms with E-state index in [0.717, 1.165) is 11.3 Å². The summed E-state index contributed by atoms with van der Waals surface area (Å²) in [6.07, 6.45) is 0. The minimum atomic E-state index is 0.0902. The van der Waals surface area contributed by atoms with Gasteiger partial charge in [0, 0.05) is 10.8 Å². The topological polar surface area (TPSA) is 13.1 Å². The van der Waals surface area contributed by atoms with Crippen molar-refractivity contribution in [3.05, 3.63) is 35.6 Å². The van der Waals surface area contributed by atoms with Crippen molar-refractivity contribution < 1.29 is 4.42 Å². The lowest BCUT2D eigenvalue weighted by Gasteiger charge is -2.13. The van der Waals surface area contributed by atoms with Crippen LogP contribution in [0.1, 0.15) is 32.1 Å². The monoisotopic (exact) mass is 188 g/mol. The van der Waals surface area contributed by atoms with E-state index in [0.29, 0.717) is 0 Å². The second-order valence-electron chi connectivity index (χ2n) is 4.90. The molecule has 1 heterocycles. The van der Waals surface area contributed by atoms with Gasteiger partial charge in [0.1, 0.15) is 11.3 Å². The normalized spacial score (nSPS) is 12.3. The smallest absolute Gasteiger partial charge is 0.134 e. The lowest BCUT2D eigenvalue weighted by Crippen LogP contribution is -2.08. The van der Waals surface area contributed by atoms with Gasteiger partial charge in [0.05, 0.1) is 0 Å². The number of furan rings is 1. The maximum atomic E-state index is 5.81. The number of hydrogen-bond acceptors (Lipinski definition) is 1. The molecule has 0 aliphatic rings. The van der Waals surface area contributed by atoms with Crippen molar-refractivity contribution in [3.63, 3.8) is 0 Å². The van der Waals surface area contributed by atoms with Crippen molar-refractivity contribution in [2.24, 2.45) is 0 Å². The molecule has 74 valence electrons. The van der Waals surface area contributed by atoms with Crippen LogP contribution in [0.25, 0.3) is 11.0 Å². The average molecular weight is 188 g/mol. The third-order valence-corrected chi connectivity index (χ3v) is 2.41. The highest BCUT2D eigenvalue weighted by molar-refractivity contribution is 5.78. The predicted molar refractivity (Wildman–Crippen MR) is 59.7 cm³/mol. The van der Waals surface area contributed by atoms with Crippen LogP contribution in [-0.2, 0) is 5.41 Å². The van der Waals surface area contributed by atoms with Crippen LogP contribution in [0, 0.1) is 6.92 Å². The van der Waals surface area contributed by atoms with E-state index in [-0.39, 0.29) is 5.41 Å². The van der Waals surface area contributed by atoms with Gasteiger partial charge in [-0.05, 0) is 24.6 Å². The molecule has 0 unspecified atom stereocenters. The third kappa shape index (κ3) is 1.54. The van der Waals surface area contributed by atoms with E-state index in [2.05, 4.69) is 52.0 Å². The summed E-state index contributed by atoms with van der Waals surface area (Å²) in [7, 11) is 0. The Morgan fingerprint density at radius 2 is 1.79 bits per heavy atom. The molecule has 1 aromatic heterocycles. The Morgan fingerprint density at radius 3 is 2.43 bits per heavy atom. The zero-order valence-electron chi connectivity index (χ0n) is 9.22. The van der Waals surface area contributed by atoms with E-state index in [1.807, 2.05) is 0 Å². The van der Waals surface area contributed by atoms with Crippen molar-refractivity contribution in [1.82, 2.24) is 0 Å². The SMILES string of the molecule is Cc1ccc2cc(C(C)(C)C)oc2c1. The molecule has 2 rings (SSSR count). The number of hydrogen-bond donors (Lipinski definition) is 0. The highest BCUT2D eigenvalue weighted by atomic mass is 16.3. The number of rotatable bonds is 0. The highest BCUT2D eigenvalue weighted by Gasteiger charge is 2.18. The Kier molecular flexibility index (Phi) is 1.91. The molecule has 1 nitrogen and oxygen atoms in total. The largest absolute Gasteiger partial charge is 0.461 e. The Labute approximate surface area is 84.7 Å². The van der Waals surface area contributed by atoms with E-state index in [9.17, 15) is 0 Å². The molecule has 0 amide bonds. The van der Waals surface area contributed by atoms with Gasteiger partial charge in [-0.25, -0.2) is 0 Å². The zero-order chi connectivity index (χ0) is 10.3. The van der Waals surface area contributed by atoms with Gasteiger partial charge in [0.2, 0.25) is 0 Å². The van der Waals surface area contributed by atoms with Crippen molar-refractivity contribution >= 4 is 11.0 Å². The van der Waals surface area contributed by atoms with E-state index in [1.165, 1.54) is 10.9 Å². The van der Waals surface area contributed by atoms with Gasteiger partial charge < -0.3 is 4.42 Å². The van der Waals surface area contributed by atoms with Crippen LogP contribution in [0.2, 0.25) is 0 Å². The molecule has 14 heavy (non-hydrogen) atoms. The fraction of sp³-hybridized carbons (Fsp3) is 0.385. The van der Waals surface area contributed by atoms with Gasteiger partial charge in [-0.1, -0.05) is 32.9 Å². The van der Waals surface area contributed by atoms with Crippen LogP contribution in [0.5, 0.6) is 0 Å². The first-order valence-corrected chi connectivity index (χ1v) is 4.97. The maximum absolute atomic E-state index is 5.81. The highest BCUT2D eigenvalue weighted by Crippen LogP contribution is 2.29. The molecule has 1 aromatic carbocycles. The fourth-order valence-corrected chi connectivity index (χ4v) is 1.51. The summed E-state index contributed by atoms with van der Waals surface area (Å²) < 4.78 is 5.81. The maximum Gasteiger partial charge on any atom is 0.134 e. The van der Waals surface area contributed by atoms with Gasteiger partial charge in [0.25, 0.3) is 0 Å². The Balaban J connectivity index is 2.63. The van der Waals surface area contributed by atoms with Gasteiger partial charge in [-0.2, -0.15) is 0 Å². The number of fused-ring (bicyclic) bond motifs is 1. The zero-order valence-corrected chi connectivity index (χ0v) is 9.22. The first-order valence-electron chi connectivity index (χ1n) is 4.97. The Hall–Kier alpha value is -1.24. The van der Waals surface area contributed by atoms with Crippen molar-refractivity contribution in [1.29, 1.82) is 0 Å². The standard InChI is InChI=1S/C13H16O/c1-9-5-6-10-8-12(13(2,3)4)14-11(10)7-9/h5-8H,1-4H3. The predicted octanol–water partition coefficient (Wildman–Crippen LogP) is 4.04. The molecule has 0 spiro atoms. The van der Waals surface area contributed by atoms with Crippen molar-refractivity contribution in [2.75, 3.05) is 0 Å². The van der Waals surface area contributed by atoms with Crippen LogP contribution in [-0.4, -0.2) is 0 Å². The summed E-state index contributed by atoms with van der Waals surface area (Å²) in [4.78, 5) is 0. The molecule has 0 saturated carbocycles. The van der Waals surface area contributed by atoms with E-state index < -0.39 is 0 Å². The van der Waals surface area contributed by atoms with Crippen LogP contribution < -0.4 is 0 Å². The van der Waals surface area contributed by atoms with Crippen LogP contribution in [0.3, 0.4) is 0 Å². The molecular weight excluding hydrogens is 172 g/mol.